The van der Waals surface area contributed by atoms with Gasteiger partial charge in [0.05, 0.1) is 11.2 Å². The molecule has 0 saturated carbocycles. The van der Waals surface area contributed by atoms with Gasteiger partial charge < -0.3 is 14.0 Å². The molecule has 0 amide bonds. The summed E-state index contributed by atoms with van der Waals surface area (Å²) in [6, 6.07) is 7.58. The van der Waals surface area contributed by atoms with Crippen LogP contribution in [0.1, 0.15) is 27.7 Å². The SMILES string of the molecule is [CH2]Oc1ccc(B2OC(C)(C)C(C)(C)O2)cc1. The van der Waals surface area contributed by atoms with E-state index in [0.29, 0.717) is 0 Å². The van der Waals surface area contributed by atoms with Crippen LogP contribution >= 0.6 is 0 Å². The number of benzene rings is 1. The van der Waals surface area contributed by atoms with Crippen LogP contribution in [0.3, 0.4) is 0 Å². The largest absolute Gasteiger partial charge is 0.494 e. The first-order valence-corrected chi connectivity index (χ1v) is 5.73. The molecule has 0 N–H and O–H groups in total. The van der Waals surface area contributed by atoms with Crippen molar-refractivity contribution >= 4 is 12.6 Å². The lowest BCUT2D eigenvalue weighted by Crippen LogP contribution is -2.41. The highest BCUT2D eigenvalue weighted by Gasteiger charge is 2.51. The molecule has 4 heteroatoms. The third-order valence-electron chi connectivity index (χ3n) is 3.57. The predicted molar refractivity (Wildman–Crippen MR) is 68.1 cm³/mol. The Hall–Kier alpha value is -0.995. The van der Waals surface area contributed by atoms with E-state index in [4.69, 9.17) is 14.0 Å². The van der Waals surface area contributed by atoms with Gasteiger partial charge in [0.1, 0.15) is 12.9 Å². The fourth-order valence-electron chi connectivity index (χ4n) is 1.70. The van der Waals surface area contributed by atoms with E-state index in [-0.39, 0.29) is 18.3 Å². The lowest BCUT2D eigenvalue weighted by molar-refractivity contribution is 0.00578. The highest BCUT2D eigenvalue weighted by Crippen LogP contribution is 2.36. The summed E-state index contributed by atoms with van der Waals surface area (Å²) in [5.74, 6) is 0.727. The zero-order valence-corrected chi connectivity index (χ0v) is 10.8. The van der Waals surface area contributed by atoms with Gasteiger partial charge in [-0.15, -0.1) is 0 Å². The maximum Gasteiger partial charge on any atom is 0.494 e. The second kappa shape index (κ2) is 4.04. The maximum absolute atomic E-state index is 5.94. The molecule has 1 saturated heterocycles. The van der Waals surface area contributed by atoms with E-state index in [1.54, 1.807) is 0 Å². The second-order valence-electron chi connectivity index (χ2n) is 5.30. The van der Waals surface area contributed by atoms with E-state index in [1.807, 2.05) is 52.0 Å². The van der Waals surface area contributed by atoms with Crippen molar-refractivity contribution in [1.29, 1.82) is 0 Å². The van der Waals surface area contributed by atoms with Gasteiger partial charge in [-0.2, -0.15) is 0 Å². The second-order valence-corrected chi connectivity index (χ2v) is 5.30. The Morgan fingerprint density at radius 2 is 1.47 bits per heavy atom. The molecule has 0 aliphatic carbocycles. The number of hydrogen-bond acceptors (Lipinski definition) is 3. The van der Waals surface area contributed by atoms with Gasteiger partial charge in [-0.3, -0.25) is 0 Å². The van der Waals surface area contributed by atoms with Gasteiger partial charge in [-0.1, -0.05) is 12.1 Å². The Kier molecular flexibility index (Phi) is 2.96. The van der Waals surface area contributed by atoms with Crippen molar-refractivity contribution in [3.63, 3.8) is 0 Å². The average molecular weight is 233 g/mol. The van der Waals surface area contributed by atoms with Gasteiger partial charge in [0, 0.05) is 0 Å². The molecule has 0 spiro atoms. The quantitative estimate of drug-likeness (QED) is 0.732. The van der Waals surface area contributed by atoms with Gasteiger partial charge >= 0.3 is 7.12 Å². The van der Waals surface area contributed by atoms with Gasteiger partial charge in [0.15, 0.2) is 0 Å². The predicted octanol–water partition coefficient (Wildman–Crippen LogP) is 2.16. The van der Waals surface area contributed by atoms with E-state index >= 15 is 0 Å². The summed E-state index contributed by atoms with van der Waals surface area (Å²) in [4.78, 5) is 0. The first-order chi connectivity index (χ1) is 7.86. The Morgan fingerprint density at radius 3 is 1.88 bits per heavy atom. The van der Waals surface area contributed by atoms with Crippen LogP contribution in [0, 0.1) is 7.11 Å². The average Bonchev–Trinajstić information content (AvgIpc) is 2.48. The summed E-state index contributed by atoms with van der Waals surface area (Å²) in [5, 5.41) is 0. The molecule has 17 heavy (non-hydrogen) atoms. The highest BCUT2D eigenvalue weighted by molar-refractivity contribution is 6.62. The topological polar surface area (TPSA) is 27.7 Å². The van der Waals surface area contributed by atoms with Crippen molar-refractivity contribution in [3.8, 4) is 5.75 Å². The van der Waals surface area contributed by atoms with Crippen LogP contribution in [0.5, 0.6) is 5.75 Å². The van der Waals surface area contributed by atoms with E-state index in [1.165, 1.54) is 0 Å². The third kappa shape index (κ3) is 2.19. The monoisotopic (exact) mass is 233 g/mol. The molecular formula is C13H18BO3. The van der Waals surface area contributed by atoms with Gasteiger partial charge in [0.25, 0.3) is 0 Å². The van der Waals surface area contributed by atoms with E-state index in [9.17, 15) is 0 Å². The van der Waals surface area contributed by atoms with Gasteiger partial charge in [-0.25, -0.2) is 0 Å². The molecule has 1 heterocycles. The fraction of sp³-hybridized carbons (Fsp3) is 0.462. The minimum absolute atomic E-state index is 0.306. The van der Waals surface area contributed by atoms with E-state index < -0.39 is 0 Å². The standard InChI is InChI=1S/C13H18BO3/c1-12(2)13(3,4)17-14(16-12)10-6-8-11(15-5)9-7-10/h6-9H,5H2,1-4H3. The first-order valence-electron chi connectivity index (χ1n) is 5.73. The maximum atomic E-state index is 5.94. The summed E-state index contributed by atoms with van der Waals surface area (Å²) in [6.07, 6.45) is 0. The molecule has 91 valence electrons. The lowest BCUT2D eigenvalue weighted by Gasteiger charge is -2.32. The molecule has 3 nitrogen and oxygen atoms in total. The molecule has 2 rings (SSSR count). The Morgan fingerprint density at radius 1 is 1.00 bits per heavy atom. The summed E-state index contributed by atoms with van der Waals surface area (Å²) in [6.45, 7) is 8.17. The van der Waals surface area contributed by atoms with Crippen molar-refractivity contribution in [2.45, 2.75) is 38.9 Å². The Labute approximate surface area is 103 Å². The smallest absolute Gasteiger partial charge is 0.490 e. The van der Waals surface area contributed by atoms with E-state index in [2.05, 4.69) is 7.11 Å². The van der Waals surface area contributed by atoms with Crippen LogP contribution in [0.4, 0.5) is 0 Å². The van der Waals surface area contributed by atoms with Crippen molar-refractivity contribution in [2.24, 2.45) is 0 Å². The van der Waals surface area contributed by atoms with Crippen LogP contribution in [-0.2, 0) is 9.31 Å². The van der Waals surface area contributed by atoms with Crippen molar-refractivity contribution in [2.75, 3.05) is 0 Å². The van der Waals surface area contributed by atoms with Crippen molar-refractivity contribution in [3.05, 3.63) is 31.4 Å². The van der Waals surface area contributed by atoms with Crippen molar-refractivity contribution in [1.82, 2.24) is 0 Å². The fourth-order valence-corrected chi connectivity index (χ4v) is 1.70. The molecule has 0 aromatic heterocycles. The van der Waals surface area contributed by atoms with Gasteiger partial charge in [-0.05, 0) is 45.3 Å². The lowest BCUT2D eigenvalue weighted by atomic mass is 9.79. The molecule has 0 unspecified atom stereocenters. The molecule has 1 aliphatic rings. The molecule has 1 aliphatic heterocycles. The van der Waals surface area contributed by atoms with Crippen LogP contribution in [0.15, 0.2) is 24.3 Å². The number of rotatable bonds is 2. The van der Waals surface area contributed by atoms with Crippen LogP contribution in [0.2, 0.25) is 0 Å². The summed E-state index contributed by atoms with van der Waals surface area (Å²) < 4.78 is 16.8. The van der Waals surface area contributed by atoms with E-state index in [0.717, 1.165) is 11.2 Å². The first kappa shape index (κ1) is 12.5. The van der Waals surface area contributed by atoms with Crippen molar-refractivity contribution < 1.29 is 14.0 Å². The Bertz CT molecular complexity index is 382. The molecule has 1 fully saturated rings. The van der Waals surface area contributed by atoms with Crippen LogP contribution in [0.25, 0.3) is 0 Å². The minimum atomic E-state index is -0.320. The zero-order chi connectivity index (χ0) is 12.7. The highest BCUT2D eigenvalue weighted by atomic mass is 16.7. The summed E-state index contributed by atoms with van der Waals surface area (Å²) in [5.41, 5.74) is 0.377. The normalized spacial score (nSPS) is 21.6. The Balaban J connectivity index is 2.20. The number of ether oxygens (including phenoxy) is 1. The van der Waals surface area contributed by atoms with Crippen LogP contribution in [-0.4, -0.2) is 18.3 Å². The zero-order valence-electron chi connectivity index (χ0n) is 10.8. The molecule has 0 bridgehead atoms. The van der Waals surface area contributed by atoms with Gasteiger partial charge in [0.2, 0.25) is 0 Å². The number of hydrogen-bond donors (Lipinski definition) is 0. The molecular weight excluding hydrogens is 215 g/mol. The molecule has 1 aromatic rings. The minimum Gasteiger partial charge on any atom is -0.490 e. The summed E-state index contributed by atoms with van der Waals surface area (Å²) in [7, 11) is 3.05. The van der Waals surface area contributed by atoms with Crippen LogP contribution < -0.4 is 10.2 Å². The molecule has 1 aromatic carbocycles. The molecule has 0 atom stereocenters. The summed E-state index contributed by atoms with van der Waals surface area (Å²) >= 11 is 0. The molecule has 1 radical (unpaired) electrons. The third-order valence-corrected chi connectivity index (χ3v) is 3.57.